The van der Waals surface area contributed by atoms with Crippen LogP contribution in [0.15, 0.2) is 47.5 Å². The molecule has 178 valence electrons. The Hall–Kier alpha value is -2.79. The zero-order valence-corrected chi connectivity index (χ0v) is 19.5. The molecule has 0 bridgehead atoms. The summed E-state index contributed by atoms with van der Waals surface area (Å²) in [6.45, 7) is 3.90. The lowest BCUT2D eigenvalue weighted by Gasteiger charge is -2.41. The number of aliphatic hydroxyl groups excluding tert-OH is 1. The summed E-state index contributed by atoms with van der Waals surface area (Å²) in [5.41, 5.74) is 2.73. The number of hydrogen-bond acceptors (Lipinski definition) is 6. The highest BCUT2D eigenvalue weighted by Gasteiger charge is 2.41. The van der Waals surface area contributed by atoms with Gasteiger partial charge in [-0.2, -0.15) is 0 Å². The highest BCUT2D eigenvalue weighted by molar-refractivity contribution is 7.82. The fourth-order valence-corrected chi connectivity index (χ4v) is 6.10. The largest absolute Gasteiger partial charge is 0.389 e. The molecule has 3 aromatic rings. The third-order valence-electron chi connectivity index (χ3n) is 6.82. The van der Waals surface area contributed by atoms with Crippen LogP contribution in [0.1, 0.15) is 6.42 Å². The number of para-hydroxylation sites is 1. The molecule has 2 unspecified atom stereocenters. The molecule has 5 heterocycles. The van der Waals surface area contributed by atoms with Gasteiger partial charge in [0.1, 0.15) is 22.8 Å². The number of aromatic nitrogens is 2. The molecular formula is C24H27N5O4S. The van der Waals surface area contributed by atoms with E-state index in [0.717, 1.165) is 28.0 Å². The third-order valence-corrected chi connectivity index (χ3v) is 8.31. The smallest absolute Gasteiger partial charge is 0.241 e. The SMILES string of the molecule is O=C(C1CCN1S(=O)c1cnc(N2CC(O)C2)c(-c2cc3ccccc3[nH]2)c1)N1CCOCC1. The van der Waals surface area contributed by atoms with Crippen LogP contribution in [0.3, 0.4) is 0 Å². The van der Waals surface area contributed by atoms with E-state index in [0.29, 0.717) is 57.3 Å². The number of carbonyl (C=O) groups excluding carboxylic acids is 1. The van der Waals surface area contributed by atoms with Crippen LogP contribution >= 0.6 is 0 Å². The lowest BCUT2D eigenvalue weighted by Crippen LogP contribution is -2.58. The second kappa shape index (κ2) is 8.77. The van der Waals surface area contributed by atoms with E-state index in [4.69, 9.17) is 4.74 Å². The molecule has 34 heavy (non-hydrogen) atoms. The molecule has 10 heteroatoms. The maximum atomic E-state index is 13.5. The van der Waals surface area contributed by atoms with Gasteiger partial charge in [0.05, 0.1) is 29.9 Å². The number of aliphatic hydroxyl groups is 1. The highest BCUT2D eigenvalue weighted by atomic mass is 32.2. The second-order valence-electron chi connectivity index (χ2n) is 9.00. The number of ether oxygens (including phenoxy) is 1. The first-order chi connectivity index (χ1) is 16.6. The Kier molecular flexibility index (Phi) is 5.60. The molecule has 0 spiro atoms. The van der Waals surface area contributed by atoms with Crippen molar-refractivity contribution in [1.29, 1.82) is 0 Å². The van der Waals surface area contributed by atoms with E-state index in [1.54, 1.807) is 10.5 Å². The van der Waals surface area contributed by atoms with Crippen LogP contribution in [-0.4, -0.2) is 92.5 Å². The van der Waals surface area contributed by atoms with Crippen molar-refractivity contribution in [3.05, 3.63) is 42.6 Å². The number of nitrogens with one attached hydrogen (secondary N) is 1. The van der Waals surface area contributed by atoms with Crippen LogP contribution in [-0.2, 0) is 20.5 Å². The Morgan fingerprint density at radius 3 is 2.65 bits per heavy atom. The van der Waals surface area contributed by atoms with E-state index < -0.39 is 11.0 Å². The number of fused-ring (bicyclic) bond motifs is 1. The number of amides is 1. The fourth-order valence-electron chi connectivity index (χ4n) is 4.77. The number of benzene rings is 1. The van der Waals surface area contributed by atoms with Gasteiger partial charge in [0.2, 0.25) is 5.91 Å². The minimum absolute atomic E-state index is 0.0258. The van der Waals surface area contributed by atoms with E-state index in [1.165, 1.54) is 0 Å². The van der Waals surface area contributed by atoms with Gasteiger partial charge in [-0.05, 0) is 24.6 Å². The average molecular weight is 482 g/mol. The molecule has 2 N–H and O–H groups in total. The van der Waals surface area contributed by atoms with Gasteiger partial charge < -0.3 is 24.6 Å². The van der Waals surface area contributed by atoms with E-state index >= 15 is 0 Å². The van der Waals surface area contributed by atoms with Crippen LogP contribution in [0, 0.1) is 0 Å². The van der Waals surface area contributed by atoms with Gasteiger partial charge in [-0.1, -0.05) is 18.2 Å². The van der Waals surface area contributed by atoms with E-state index in [9.17, 15) is 14.1 Å². The molecule has 0 saturated carbocycles. The molecule has 1 amide bonds. The summed E-state index contributed by atoms with van der Waals surface area (Å²) in [6, 6.07) is 11.6. The predicted octanol–water partition coefficient (Wildman–Crippen LogP) is 1.37. The van der Waals surface area contributed by atoms with Crippen molar-refractivity contribution in [3.63, 3.8) is 0 Å². The van der Waals surface area contributed by atoms with Crippen LogP contribution in [0.25, 0.3) is 22.2 Å². The molecule has 0 aliphatic carbocycles. The normalized spacial score (nSPS) is 22.4. The van der Waals surface area contributed by atoms with Gasteiger partial charge in [-0.3, -0.25) is 4.79 Å². The summed E-state index contributed by atoms with van der Waals surface area (Å²) >= 11 is 0. The zero-order valence-electron chi connectivity index (χ0n) is 18.7. The number of H-pyrrole nitrogens is 1. The van der Waals surface area contributed by atoms with Crippen LogP contribution in [0.2, 0.25) is 0 Å². The standard InChI is InChI=1S/C24H27N5O4S/c30-17-14-28(15-17)23-19(21-11-16-3-1-2-4-20(16)26-21)12-18(13-25-23)34(32)29-6-5-22(29)24(31)27-7-9-33-10-8-27/h1-4,11-13,17,22,26,30H,5-10,14-15H2. The van der Waals surface area contributed by atoms with Crippen LogP contribution in [0.5, 0.6) is 0 Å². The monoisotopic (exact) mass is 481 g/mol. The molecule has 2 atom stereocenters. The number of pyridine rings is 1. The molecule has 2 aromatic heterocycles. The van der Waals surface area contributed by atoms with Crippen molar-refractivity contribution >= 4 is 33.6 Å². The average Bonchev–Trinajstić information content (AvgIpc) is 3.26. The molecule has 9 nitrogen and oxygen atoms in total. The van der Waals surface area contributed by atoms with Crippen molar-refractivity contribution in [2.24, 2.45) is 0 Å². The van der Waals surface area contributed by atoms with Crippen LogP contribution < -0.4 is 4.90 Å². The Labute approximate surface area is 199 Å². The Bertz CT molecular complexity index is 1220. The Morgan fingerprint density at radius 2 is 1.94 bits per heavy atom. The number of anilines is 1. The number of rotatable bonds is 5. The lowest BCUT2D eigenvalue weighted by atomic mass is 10.1. The van der Waals surface area contributed by atoms with Gasteiger partial charge in [0, 0.05) is 55.4 Å². The quantitative estimate of drug-likeness (QED) is 0.571. The summed E-state index contributed by atoms with van der Waals surface area (Å²) in [5, 5.41) is 10.9. The second-order valence-corrected chi connectivity index (χ2v) is 10.4. The van der Waals surface area contributed by atoms with Gasteiger partial charge >= 0.3 is 0 Å². The Morgan fingerprint density at radius 1 is 1.15 bits per heavy atom. The third kappa shape index (κ3) is 3.80. The van der Waals surface area contributed by atoms with Crippen molar-refractivity contribution in [2.75, 3.05) is 50.8 Å². The van der Waals surface area contributed by atoms with Gasteiger partial charge in [-0.25, -0.2) is 13.5 Å². The number of aromatic amines is 1. The minimum atomic E-state index is -1.50. The Balaban J connectivity index is 1.30. The summed E-state index contributed by atoms with van der Waals surface area (Å²) in [6.07, 6.45) is 1.98. The van der Waals surface area contributed by atoms with E-state index in [2.05, 4.69) is 16.0 Å². The highest BCUT2D eigenvalue weighted by Crippen LogP contribution is 2.35. The van der Waals surface area contributed by atoms with Gasteiger partial charge in [0.25, 0.3) is 0 Å². The maximum Gasteiger partial charge on any atom is 0.241 e. The summed E-state index contributed by atoms with van der Waals surface area (Å²) < 4.78 is 20.7. The minimum Gasteiger partial charge on any atom is -0.389 e. The zero-order chi connectivity index (χ0) is 23.2. The first kappa shape index (κ1) is 21.7. The van der Waals surface area contributed by atoms with Gasteiger partial charge in [-0.15, -0.1) is 0 Å². The topological polar surface area (TPSA) is 102 Å². The molecule has 3 aliphatic heterocycles. The van der Waals surface area contributed by atoms with Gasteiger partial charge in [0.15, 0.2) is 0 Å². The summed E-state index contributed by atoms with van der Waals surface area (Å²) in [5.74, 6) is 0.778. The molecule has 3 saturated heterocycles. The summed E-state index contributed by atoms with van der Waals surface area (Å²) in [7, 11) is -1.50. The number of morpholine rings is 1. The molecule has 0 radical (unpaired) electrons. The van der Waals surface area contributed by atoms with Crippen molar-refractivity contribution in [1.82, 2.24) is 19.2 Å². The van der Waals surface area contributed by atoms with Crippen molar-refractivity contribution in [2.45, 2.75) is 23.5 Å². The van der Waals surface area contributed by atoms with Crippen LogP contribution in [0.4, 0.5) is 5.82 Å². The van der Waals surface area contributed by atoms with Crippen molar-refractivity contribution < 1.29 is 18.8 Å². The molecular weight excluding hydrogens is 454 g/mol. The predicted molar refractivity (Wildman–Crippen MR) is 129 cm³/mol. The number of carbonyl (C=O) groups is 1. The number of β-amino-alcohol motifs (C(OH)–C–C–N with tert-alkyl or cyclic N) is 1. The summed E-state index contributed by atoms with van der Waals surface area (Å²) in [4.78, 5) is 25.5. The molecule has 6 rings (SSSR count). The van der Waals surface area contributed by atoms with E-state index in [-0.39, 0.29) is 18.1 Å². The number of hydrogen-bond donors (Lipinski definition) is 2. The molecule has 3 fully saturated rings. The fraction of sp³-hybridized carbons (Fsp3) is 0.417. The van der Waals surface area contributed by atoms with Crippen molar-refractivity contribution in [3.8, 4) is 11.3 Å². The molecule has 1 aromatic carbocycles. The number of nitrogens with zero attached hydrogens (tertiary/aromatic N) is 4. The first-order valence-corrected chi connectivity index (χ1v) is 12.8. The maximum absolute atomic E-state index is 13.5. The van der Waals surface area contributed by atoms with E-state index in [1.807, 2.05) is 40.1 Å². The lowest BCUT2D eigenvalue weighted by molar-refractivity contribution is -0.142. The first-order valence-electron chi connectivity index (χ1n) is 11.6. The molecule has 3 aliphatic rings.